The van der Waals surface area contributed by atoms with E-state index in [0.29, 0.717) is 12.5 Å². The van der Waals surface area contributed by atoms with E-state index < -0.39 is 6.04 Å². The van der Waals surface area contributed by atoms with Gasteiger partial charge in [0, 0.05) is 29.7 Å². The summed E-state index contributed by atoms with van der Waals surface area (Å²) in [6, 6.07) is 10.9. The van der Waals surface area contributed by atoms with Gasteiger partial charge in [-0.25, -0.2) is 0 Å². The lowest BCUT2D eigenvalue weighted by molar-refractivity contribution is -0.121. The summed E-state index contributed by atoms with van der Waals surface area (Å²) in [5, 5.41) is 3.02. The number of nitrogens with zero attached hydrogens (tertiary/aromatic N) is 2. The largest absolute Gasteiger partial charge is 0.324 e. The molecule has 0 saturated heterocycles. The van der Waals surface area contributed by atoms with Gasteiger partial charge >= 0.3 is 0 Å². The number of aryl methyl sites for hydroxylation is 1. The fourth-order valence-corrected chi connectivity index (χ4v) is 4.49. The molecule has 1 aromatic heterocycles. The molecule has 2 aromatic rings. The quantitative estimate of drug-likeness (QED) is 0.844. The Balaban J connectivity index is 1.57. The number of hydrogen-bond acceptors (Lipinski definition) is 3. The van der Waals surface area contributed by atoms with Crippen molar-refractivity contribution in [3.05, 3.63) is 59.4 Å². The molecule has 1 N–H and O–H groups in total. The van der Waals surface area contributed by atoms with Crippen molar-refractivity contribution >= 4 is 17.5 Å². The van der Waals surface area contributed by atoms with Crippen LogP contribution in [0.4, 0.5) is 5.69 Å². The molecule has 1 saturated carbocycles. The zero-order valence-electron chi connectivity index (χ0n) is 16.4. The predicted molar refractivity (Wildman–Crippen MR) is 109 cm³/mol. The van der Waals surface area contributed by atoms with Crippen LogP contribution in [0.25, 0.3) is 0 Å². The molecule has 146 valence electrons. The van der Waals surface area contributed by atoms with E-state index in [1.165, 1.54) is 19.3 Å². The summed E-state index contributed by atoms with van der Waals surface area (Å²) < 4.78 is 0. The molecule has 1 fully saturated rings. The average Bonchev–Trinajstić information content (AvgIpc) is 3.03. The smallest absolute Gasteiger partial charge is 0.255 e. The maximum Gasteiger partial charge on any atom is 0.255 e. The summed E-state index contributed by atoms with van der Waals surface area (Å²) in [7, 11) is 0. The second kappa shape index (κ2) is 8.13. The van der Waals surface area contributed by atoms with Crippen LogP contribution in [0.5, 0.6) is 0 Å². The molecule has 2 heterocycles. The molecular weight excluding hydrogens is 350 g/mol. The number of nitrogens with one attached hydrogen (secondary N) is 1. The normalized spacial score (nSPS) is 18.0. The predicted octanol–water partition coefficient (Wildman–Crippen LogP) is 4.32. The van der Waals surface area contributed by atoms with Gasteiger partial charge in [0.15, 0.2) is 0 Å². The number of fused-ring (bicyclic) bond motifs is 1. The molecule has 2 aliphatic rings. The minimum Gasteiger partial charge on any atom is -0.324 e. The molecule has 1 aromatic carbocycles. The van der Waals surface area contributed by atoms with Crippen molar-refractivity contribution in [3.63, 3.8) is 0 Å². The standard InChI is InChI=1S/C23H27N3O2/c1-16-13-19(11-12-24-16)25-22(27)21(14-17-7-3-2-4-8-17)26-15-18-9-5-6-10-20(18)23(26)28/h5-6,9-13,17,21H,2-4,7-8,14-15H2,1H3,(H,24,25,27)/t21-/m0/s1. The van der Waals surface area contributed by atoms with Gasteiger partial charge in [-0.15, -0.1) is 0 Å². The van der Waals surface area contributed by atoms with Gasteiger partial charge in [0.1, 0.15) is 6.04 Å². The van der Waals surface area contributed by atoms with Crippen molar-refractivity contribution in [2.75, 3.05) is 5.32 Å². The highest BCUT2D eigenvalue weighted by molar-refractivity contribution is 6.03. The first-order valence-electron chi connectivity index (χ1n) is 10.2. The Labute approximate surface area is 166 Å². The van der Waals surface area contributed by atoms with Crippen LogP contribution >= 0.6 is 0 Å². The van der Waals surface area contributed by atoms with Crippen LogP contribution in [0.15, 0.2) is 42.6 Å². The lowest BCUT2D eigenvalue weighted by atomic mass is 9.84. The van der Waals surface area contributed by atoms with E-state index in [0.717, 1.165) is 41.8 Å². The molecule has 28 heavy (non-hydrogen) atoms. The Morgan fingerprint density at radius 1 is 1.21 bits per heavy atom. The molecule has 0 bridgehead atoms. The van der Waals surface area contributed by atoms with Crippen LogP contribution < -0.4 is 5.32 Å². The number of hydrogen-bond donors (Lipinski definition) is 1. The van der Waals surface area contributed by atoms with Gasteiger partial charge in [-0.05, 0) is 43.0 Å². The summed E-state index contributed by atoms with van der Waals surface area (Å²) in [6.07, 6.45) is 8.43. The van der Waals surface area contributed by atoms with Gasteiger partial charge in [0.25, 0.3) is 5.91 Å². The fourth-order valence-electron chi connectivity index (χ4n) is 4.49. The lowest BCUT2D eigenvalue weighted by Gasteiger charge is -2.31. The van der Waals surface area contributed by atoms with Crippen LogP contribution in [0.1, 0.15) is 60.1 Å². The molecule has 0 radical (unpaired) electrons. The van der Waals surface area contributed by atoms with E-state index in [4.69, 9.17) is 0 Å². The van der Waals surface area contributed by atoms with E-state index in [9.17, 15) is 9.59 Å². The van der Waals surface area contributed by atoms with Crippen molar-refractivity contribution in [2.45, 2.75) is 58.0 Å². The third kappa shape index (κ3) is 3.93. The van der Waals surface area contributed by atoms with Crippen molar-refractivity contribution in [1.82, 2.24) is 9.88 Å². The molecule has 2 amide bonds. The van der Waals surface area contributed by atoms with Gasteiger partial charge in [0.05, 0.1) is 0 Å². The highest BCUT2D eigenvalue weighted by Gasteiger charge is 2.37. The monoisotopic (exact) mass is 377 g/mol. The second-order valence-electron chi connectivity index (χ2n) is 8.02. The van der Waals surface area contributed by atoms with Crippen LogP contribution in [-0.4, -0.2) is 27.7 Å². The third-order valence-corrected chi connectivity index (χ3v) is 5.97. The van der Waals surface area contributed by atoms with Crippen LogP contribution in [-0.2, 0) is 11.3 Å². The third-order valence-electron chi connectivity index (χ3n) is 5.97. The van der Waals surface area contributed by atoms with E-state index in [-0.39, 0.29) is 11.8 Å². The van der Waals surface area contributed by atoms with Gasteiger partial charge < -0.3 is 10.2 Å². The first-order chi connectivity index (χ1) is 13.6. The summed E-state index contributed by atoms with van der Waals surface area (Å²) >= 11 is 0. The minimum atomic E-state index is -0.448. The summed E-state index contributed by atoms with van der Waals surface area (Å²) in [4.78, 5) is 32.2. The second-order valence-corrected chi connectivity index (χ2v) is 8.02. The molecule has 1 atom stereocenters. The number of carbonyl (C=O) groups excluding carboxylic acids is 2. The number of benzene rings is 1. The van der Waals surface area contributed by atoms with Gasteiger partial charge in [0.2, 0.25) is 5.91 Å². The first-order valence-corrected chi connectivity index (χ1v) is 10.2. The average molecular weight is 377 g/mol. The molecular formula is C23H27N3O2. The minimum absolute atomic E-state index is 0.0301. The van der Waals surface area contributed by atoms with Crippen LogP contribution in [0.2, 0.25) is 0 Å². The van der Waals surface area contributed by atoms with Gasteiger partial charge in [-0.3, -0.25) is 14.6 Å². The van der Waals surface area contributed by atoms with E-state index in [2.05, 4.69) is 10.3 Å². The molecule has 1 aliphatic carbocycles. The highest BCUT2D eigenvalue weighted by Crippen LogP contribution is 2.32. The molecule has 4 rings (SSSR count). The Bertz CT molecular complexity index is 874. The Hall–Kier alpha value is -2.69. The number of rotatable bonds is 5. The number of amides is 2. The van der Waals surface area contributed by atoms with Crippen molar-refractivity contribution in [3.8, 4) is 0 Å². The lowest BCUT2D eigenvalue weighted by Crippen LogP contribution is -2.45. The number of pyridine rings is 1. The summed E-state index contributed by atoms with van der Waals surface area (Å²) in [6.45, 7) is 2.41. The fraction of sp³-hybridized carbons (Fsp3) is 0.435. The number of aromatic nitrogens is 1. The Morgan fingerprint density at radius 3 is 2.75 bits per heavy atom. The van der Waals surface area contributed by atoms with Crippen molar-refractivity contribution in [1.29, 1.82) is 0 Å². The summed E-state index contributed by atoms with van der Waals surface area (Å²) in [5.41, 5.74) is 3.32. The van der Waals surface area contributed by atoms with E-state index in [1.807, 2.05) is 37.3 Å². The first kappa shape index (κ1) is 18.7. The number of carbonyl (C=O) groups is 2. The van der Waals surface area contributed by atoms with Crippen molar-refractivity contribution < 1.29 is 9.59 Å². The SMILES string of the molecule is Cc1cc(NC(=O)[C@H](CC2CCCCC2)N2Cc3ccccc3C2=O)ccn1. The van der Waals surface area contributed by atoms with Gasteiger partial charge in [-0.1, -0.05) is 50.3 Å². The highest BCUT2D eigenvalue weighted by atomic mass is 16.2. The van der Waals surface area contributed by atoms with Crippen LogP contribution in [0, 0.1) is 12.8 Å². The topological polar surface area (TPSA) is 62.3 Å². The number of anilines is 1. The van der Waals surface area contributed by atoms with E-state index in [1.54, 1.807) is 17.2 Å². The molecule has 5 nitrogen and oxygen atoms in total. The molecule has 5 heteroatoms. The zero-order chi connectivity index (χ0) is 19.5. The van der Waals surface area contributed by atoms with Gasteiger partial charge in [-0.2, -0.15) is 0 Å². The molecule has 0 unspecified atom stereocenters. The maximum absolute atomic E-state index is 13.3. The van der Waals surface area contributed by atoms with E-state index >= 15 is 0 Å². The maximum atomic E-state index is 13.3. The molecule has 1 aliphatic heterocycles. The Kier molecular flexibility index (Phi) is 5.42. The summed E-state index contributed by atoms with van der Waals surface area (Å²) in [5.74, 6) is 0.370. The van der Waals surface area contributed by atoms with Crippen LogP contribution in [0.3, 0.4) is 0 Å². The van der Waals surface area contributed by atoms with Crippen molar-refractivity contribution in [2.24, 2.45) is 5.92 Å². The molecule has 0 spiro atoms. The zero-order valence-corrected chi connectivity index (χ0v) is 16.4. The Morgan fingerprint density at radius 2 is 2.00 bits per heavy atom.